The Morgan fingerprint density at radius 1 is 1.57 bits per heavy atom. The zero-order valence-electron chi connectivity index (χ0n) is 7.74. The molecule has 1 aromatic heterocycles. The fraction of sp³-hybridized carbons (Fsp3) is 0.556. The number of nitrogens with zero attached hydrogens (tertiary/aromatic N) is 2. The number of aromatic nitrogens is 2. The smallest absolute Gasteiger partial charge is 0.236 e. The van der Waals surface area contributed by atoms with Crippen molar-refractivity contribution < 1.29 is 4.74 Å². The van der Waals surface area contributed by atoms with Gasteiger partial charge in [0.05, 0.1) is 6.20 Å². The minimum absolute atomic E-state index is 0.177. The Bertz CT molecular complexity index is 302. The monoisotopic (exact) mass is 213 g/mol. The highest BCUT2D eigenvalue weighted by Crippen LogP contribution is 2.21. The molecule has 5 heteroatoms. The highest BCUT2D eigenvalue weighted by atomic mass is 35.5. The molecule has 1 N–H and O–H groups in total. The molecular weight excluding hydrogens is 202 g/mol. The Balaban J connectivity index is 1.99. The maximum Gasteiger partial charge on any atom is 0.236 e. The summed E-state index contributed by atoms with van der Waals surface area (Å²) in [4.78, 5) is 7.78. The van der Waals surface area contributed by atoms with Crippen molar-refractivity contribution in [3.63, 3.8) is 0 Å². The van der Waals surface area contributed by atoms with Crippen LogP contribution in [0.1, 0.15) is 12.8 Å². The molecule has 0 aromatic carbocycles. The zero-order valence-corrected chi connectivity index (χ0v) is 8.50. The summed E-state index contributed by atoms with van der Waals surface area (Å²) in [6.45, 7) is 1.93. The van der Waals surface area contributed by atoms with Crippen LogP contribution in [-0.4, -0.2) is 29.2 Å². The van der Waals surface area contributed by atoms with E-state index in [1.54, 1.807) is 6.20 Å². The third-order valence-electron chi connectivity index (χ3n) is 2.16. The zero-order chi connectivity index (χ0) is 9.80. The lowest BCUT2D eigenvalue weighted by molar-refractivity contribution is 0.160. The van der Waals surface area contributed by atoms with Gasteiger partial charge in [-0.25, -0.2) is 9.97 Å². The molecule has 2 rings (SSSR count). The molecule has 0 radical (unpaired) electrons. The Morgan fingerprint density at radius 2 is 2.50 bits per heavy atom. The van der Waals surface area contributed by atoms with E-state index in [1.165, 1.54) is 6.33 Å². The van der Waals surface area contributed by atoms with Crippen molar-refractivity contribution in [1.29, 1.82) is 0 Å². The Labute approximate surface area is 87.7 Å². The van der Waals surface area contributed by atoms with Gasteiger partial charge in [-0.2, -0.15) is 0 Å². The van der Waals surface area contributed by atoms with E-state index in [2.05, 4.69) is 15.3 Å². The van der Waals surface area contributed by atoms with Crippen LogP contribution in [0.5, 0.6) is 5.88 Å². The van der Waals surface area contributed by atoms with Crippen LogP contribution in [0.25, 0.3) is 0 Å². The summed E-state index contributed by atoms with van der Waals surface area (Å²) in [5, 5.41) is 3.73. The Kier molecular flexibility index (Phi) is 3.16. The van der Waals surface area contributed by atoms with Crippen molar-refractivity contribution in [2.75, 3.05) is 13.1 Å². The summed E-state index contributed by atoms with van der Waals surface area (Å²) in [7, 11) is 0. The quantitative estimate of drug-likeness (QED) is 0.804. The molecule has 0 saturated carbocycles. The van der Waals surface area contributed by atoms with Crippen LogP contribution in [0.2, 0.25) is 5.02 Å². The number of piperidine rings is 1. The molecule has 1 aliphatic heterocycles. The highest BCUT2D eigenvalue weighted by Gasteiger charge is 2.16. The first-order valence-electron chi connectivity index (χ1n) is 4.69. The van der Waals surface area contributed by atoms with Crippen LogP contribution in [-0.2, 0) is 0 Å². The summed E-state index contributed by atoms with van der Waals surface area (Å²) in [5.74, 6) is 0.482. The molecule has 1 aromatic rings. The molecule has 1 fully saturated rings. The lowest BCUT2D eigenvalue weighted by Crippen LogP contribution is -2.37. The van der Waals surface area contributed by atoms with Gasteiger partial charge in [-0.1, -0.05) is 11.6 Å². The predicted molar refractivity (Wildman–Crippen MR) is 53.6 cm³/mol. The van der Waals surface area contributed by atoms with Crippen molar-refractivity contribution in [3.8, 4) is 5.88 Å². The molecule has 76 valence electrons. The van der Waals surface area contributed by atoms with Crippen molar-refractivity contribution in [1.82, 2.24) is 15.3 Å². The summed E-state index contributed by atoms with van der Waals surface area (Å²) < 4.78 is 5.64. The van der Waals surface area contributed by atoms with E-state index < -0.39 is 0 Å². The topological polar surface area (TPSA) is 47.0 Å². The van der Waals surface area contributed by atoms with Gasteiger partial charge in [0.1, 0.15) is 17.5 Å². The molecule has 1 saturated heterocycles. The van der Waals surface area contributed by atoms with E-state index >= 15 is 0 Å². The van der Waals surface area contributed by atoms with Crippen molar-refractivity contribution in [2.24, 2.45) is 0 Å². The van der Waals surface area contributed by atoms with Crippen LogP contribution >= 0.6 is 11.6 Å². The number of nitrogens with one attached hydrogen (secondary N) is 1. The minimum atomic E-state index is 0.177. The summed E-state index contributed by atoms with van der Waals surface area (Å²) >= 11 is 5.87. The van der Waals surface area contributed by atoms with Gasteiger partial charge in [0.25, 0.3) is 0 Å². The van der Waals surface area contributed by atoms with Crippen molar-refractivity contribution >= 4 is 11.6 Å². The second-order valence-corrected chi connectivity index (χ2v) is 3.67. The summed E-state index contributed by atoms with van der Waals surface area (Å²) in [6.07, 6.45) is 5.34. The first-order chi connectivity index (χ1) is 6.86. The molecule has 1 aliphatic rings. The van der Waals surface area contributed by atoms with Gasteiger partial charge in [0, 0.05) is 6.54 Å². The minimum Gasteiger partial charge on any atom is -0.472 e. The van der Waals surface area contributed by atoms with Gasteiger partial charge in [-0.3, -0.25) is 0 Å². The lowest BCUT2D eigenvalue weighted by Gasteiger charge is -2.23. The number of hydrogen-bond acceptors (Lipinski definition) is 4. The molecule has 14 heavy (non-hydrogen) atoms. The highest BCUT2D eigenvalue weighted by molar-refractivity contribution is 6.31. The Morgan fingerprint density at radius 3 is 3.21 bits per heavy atom. The van der Waals surface area contributed by atoms with E-state index in [4.69, 9.17) is 16.3 Å². The predicted octanol–water partition coefficient (Wildman–Crippen LogP) is 1.26. The molecule has 2 heterocycles. The third kappa shape index (κ3) is 2.33. The first-order valence-corrected chi connectivity index (χ1v) is 5.07. The second kappa shape index (κ2) is 4.57. The van der Waals surface area contributed by atoms with E-state index in [1.807, 2.05) is 0 Å². The van der Waals surface area contributed by atoms with E-state index in [0.717, 1.165) is 25.9 Å². The van der Waals surface area contributed by atoms with Gasteiger partial charge in [-0.15, -0.1) is 0 Å². The number of halogens is 1. The molecule has 1 atom stereocenters. The molecular formula is C9H12ClN3O. The largest absolute Gasteiger partial charge is 0.472 e. The molecule has 0 spiro atoms. The summed E-state index contributed by atoms with van der Waals surface area (Å²) in [6, 6.07) is 0. The lowest BCUT2D eigenvalue weighted by atomic mass is 10.1. The Hall–Kier alpha value is -0.870. The third-order valence-corrected chi connectivity index (χ3v) is 2.42. The SMILES string of the molecule is Clc1cncnc1OC1CCCNC1. The van der Waals surface area contributed by atoms with Crippen LogP contribution in [0.4, 0.5) is 0 Å². The molecule has 0 aliphatic carbocycles. The normalized spacial score (nSPS) is 21.9. The maximum atomic E-state index is 5.87. The van der Waals surface area contributed by atoms with Crippen LogP contribution in [0, 0.1) is 0 Å². The number of hydrogen-bond donors (Lipinski definition) is 1. The summed E-state index contributed by atoms with van der Waals surface area (Å²) in [5.41, 5.74) is 0. The molecule has 0 bridgehead atoms. The number of ether oxygens (including phenoxy) is 1. The van der Waals surface area contributed by atoms with Gasteiger partial charge in [-0.05, 0) is 19.4 Å². The maximum absolute atomic E-state index is 5.87. The average molecular weight is 214 g/mol. The van der Waals surface area contributed by atoms with E-state index in [-0.39, 0.29) is 6.10 Å². The van der Waals surface area contributed by atoms with Crippen LogP contribution in [0.3, 0.4) is 0 Å². The van der Waals surface area contributed by atoms with Crippen molar-refractivity contribution in [2.45, 2.75) is 18.9 Å². The van der Waals surface area contributed by atoms with E-state index in [0.29, 0.717) is 10.9 Å². The standard InChI is InChI=1S/C9H12ClN3O/c10-8-5-12-6-13-9(8)14-7-2-1-3-11-4-7/h5-7,11H,1-4H2. The molecule has 4 nitrogen and oxygen atoms in total. The van der Waals surface area contributed by atoms with E-state index in [9.17, 15) is 0 Å². The average Bonchev–Trinajstić information content (AvgIpc) is 2.23. The fourth-order valence-electron chi connectivity index (χ4n) is 1.47. The molecule has 1 unspecified atom stereocenters. The first kappa shape index (κ1) is 9.68. The fourth-order valence-corrected chi connectivity index (χ4v) is 1.62. The van der Waals surface area contributed by atoms with Crippen LogP contribution < -0.4 is 10.1 Å². The van der Waals surface area contributed by atoms with Gasteiger partial charge in [0.2, 0.25) is 5.88 Å². The van der Waals surface area contributed by atoms with Crippen LogP contribution in [0.15, 0.2) is 12.5 Å². The van der Waals surface area contributed by atoms with Gasteiger partial charge >= 0.3 is 0 Å². The van der Waals surface area contributed by atoms with Crippen molar-refractivity contribution in [3.05, 3.63) is 17.5 Å². The molecule has 0 amide bonds. The second-order valence-electron chi connectivity index (χ2n) is 3.26. The number of rotatable bonds is 2. The van der Waals surface area contributed by atoms with Gasteiger partial charge < -0.3 is 10.1 Å². The van der Waals surface area contributed by atoms with Gasteiger partial charge in [0.15, 0.2) is 0 Å².